The lowest BCUT2D eigenvalue weighted by molar-refractivity contribution is 0.190. The first-order chi connectivity index (χ1) is 14.3. The number of aromatic nitrogens is 2. The van der Waals surface area contributed by atoms with Gasteiger partial charge in [0.1, 0.15) is 6.67 Å². The molecule has 1 aliphatic carbocycles. The molecule has 4 rings (SSSR count). The van der Waals surface area contributed by atoms with Gasteiger partial charge in [-0.3, -0.25) is 9.13 Å². The van der Waals surface area contributed by atoms with Gasteiger partial charge in [0.2, 0.25) is 10.0 Å². The van der Waals surface area contributed by atoms with Gasteiger partial charge < -0.3 is 4.74 Å². The SMILES string of the molecule is COCCCn1c(=O)n(C2NNC(C)S2)c2cc(S(=O)(=O)NC3(CF)CC3)ccc21. The fourth-order valence-electron chi connectivity index (χ4n) is 3.57. The number of ether oxygens (including phenoxy) is 1. The molecule has 0 amide bonds. The minimum absolute atomic E-state index is 0.0153. The molecule has 12 heteroatoms. The molecule has 2 aromatic rings. The number of rotatable bonds is 9. The second kappa shape index (κ2) is 8.24. The first-order valence-electron chi connectivity index (χ1n) is 9.80. The quantitative estimate of drug-likeness (QED) is 0.485. The number of hydrogen-bond donors (Lipinski definition) is 3. The molecule has 2 fully saturated rings. The van der Waals surface area contributed by atoms with E-state index in [1.165, 1.54) is 23.9 Å². The van der Waals surface area contributed by atoms with Crippen molar-refractivity contribution in [2.45, 2.75) is 54.0 Å². The standard InChI is InChI=1S/C18H26FN5O4S2/c1-12-20-21-16(29-12)24-15-10-13(30(26,27)22-18(11-19)6-7-18)4-5-14(15)23(17(24)25)8-3-9-28-2/h4-5,10,12,16,20-22H,3,6-9,11H2,1-2H3. The Morgan fingerprint density at radius 2 is 2.10 bits per heavy atom. The van der Waals surface area contributed by atoms with Gasteiger partial charge in [-0.05, 0) is 44.4 Å². The van der Waals surface area contributed by atoms with Crippen LogP contribution in [-0.4, -0.2) is 48.9 Å². The Bertz CT molecular complexity index is 1100. The summed E-state index contributed by atoms with van der Waals surface area (Å²) in [4.78, 5) is 13.2. The Morgan fingerprint density at radius 1 is 1.33 bits per heavy atom. The number of thioether (sulfide) groups is 1. The molecule has 0 radical (unpaired) electrons. The van der Waals surface area contributed by atoms with Crippen molar-refractivity contribution in [2.75, 3.05) is 20.4 Å². The molecule has 1 saturated heterocycles. The summed E-state index contributed by atoms with van der Waals surface area (Å²) in [6.07, 6.45) is 1.62. The fraction of sp³-hybridized carbons (Fsp3) is 0.611. The molecule has 2 unspecified atom stereocenters. The molecule has 30 heavy (non-hydrogen) atoms. The van der Waals surface area contributed by atoms with Gasteiger partial charge in [-0.25, -0.2) is 33.2 Å². The molecule has 1 aromatic heterocycles. The molecule has 1 aliphatic heterocycles. The highest BCUT2D eigenvalue weighted by atomic mass is 32.2. The lowest BCUT2D eigenvalue weighted by Crippen LogP contribution is -2.38. The van der Waals surface area contributed by atoms with E-state index in [0.29, 0.717) is 43.4 Å². The maximum absolute atomic E-state index is 13.2. The molecule has 3 N–H and O–H groups in total. The number of nitrogens with one attached hydrogen (secondary N) is 3. The predicted octanol–water partition coefficient (Wildman–Crippen LogP) is 1.26. The molecular formula is C18H26FN5O4S2. The van der Waals surface area contributed by atoms with Crippen LogP contribution in [0.15, 0.2) is 27.9 Å². The topological polar surface area (TPSA) is 106 Å². The average molecular weight is 460 g/mol. The van der Waals surface area contributed by atoms with Crippen LogP contribution in [0.2, 0.25) is 0 Å². The zero-order valence-electron chi connectivity index (χ0n) is 16.9. The summed E-state index contributed by atoms with van der Waals surface area (Å²) >= 11 is 1.51. The van der Waals surface area contributed by atoms with Crippen LogP contribution in [0.1, 0.15) is 31.7 Å². The van der Waals surface area contributed by atoms with Gasteiger partial charge in [0.15, 0.2) is 5.50 Å². The Kier molecular flexibility index (Phi) is 5.99. The van der Waals surface area contributed by atoms with E-state index in [9.17, 15) is 17.6 Å². The molecule has 1 saturated carbocycles. The molecule has 166 valence electrons. The van der Waals surface area contributed by atoms with Crippen molar-refractivity contribution in [1.82, 2.24) is 24.7 Å². The summed E-state index contributed by atoms with van der Waals surface area (Å²) in [7, 11) is -2.31. The highest BCUT2D eigenvalue weighted by Gasteiger charge is 2.46. The summed E-state index contributed by atoms with van der Waals surface area (Å²) in [5.41, 5.74) is 5.69. The largest absolute Gasteiger partial charge is 0.385 e. The van der Waals surface area contributed by atoms with E-state index < -0.39 is 22.2 Å². The Labute approximate surface area is 178 Å². The summed E-state index contributed by atoms with van der Waals surface area (Å²) in [5, 5.41) is 0.0849. The lowest BCUT2D eigenvalue weighted by atomic mass is 10.3. The maximum atomic E-state index is 13.2. The van der Waals surface area contributed by atoms with Crippen molar-refractivity contribution >= 4 is 32.8 Å². The zero-order valence-corrected chi connectivity index (χ0v) is 18.5. The van der Waals surface area contributed by atoms with Gasteiger partial charge >= 0.3 is 5.69 Å². The van der Waals surface area contributed by atoms with Crippen molar-refractivity contribution in [3.05, 3.63) is 28.7 Å². The molecule has 2 heterocycles. The van der Waals surface area contributed by atoms with E-state index >= 15 is 0 Å². The van der Waals surface area contributed by atoms with Gasteiger partial charge in [-0.15, -0.1) is 0 Å². The van der Waals surface area contributed by atoms with Crippen LogP contribution < -0.4 is 21.3 Å². The normalized spacial score (nSPS) is 23.3. The number of fused-ring (bicyclic) bond motifs is 1. The number of benzene rings is 1. The van der Waals surface area contributed by atoms with Crippen molar-refractivity contribution in [3.63, 3.8) is 0 Å². The van der Waals surface area contributed by atoms with Crippen molar-refractivity contribution in [2.24, 2.45) is 0 Å². The minimum atomic E-state index is -3.91. The summed E-state index contributed by atoms with van der Waals surface area (Å²) in [6.45, 7) is 2.19. The average Bonchev–Trinajstić information content (AvgIpc) is 3.26. The fourth-order valence-corrected chi connectivity index (χ4v) is 6.02. The van der Waals surface area contributed by atoms with Crippen LogP contribution in [0.4, 0.5) is 4.39 Å². The second-order valence-corrected chi connectivity index (χ2v) is 10.8. The molecule has 1 aromatic carbocycles. The molecule has 0 bridgehead atoms. The van der Waals surface area contributed by atoms with Crippen LogP contribution in [0.25, 0.3) is 11.0 Å². The predicted molar refractivity (Wildman–Crippen MR) is 113 cm³/mol. The number of aryl methyl sites for hydroxylation is 1. The number of hydrogen-bond acceptors (Lipinski definition) is 7. The third-order valence-corrected chi connectivity index (χ3v) is 8.10. The van der Waals surface area contributed by atoms with E-state index in [0.717, 1.165) is 0 Å². The van der Waals surface area contributed by atoms with Gasteiger partial charge in [0, 0.05) is 20.3 Å². The van der Waals surface area contributed by atoms with E-state index in [2.05, 4.69) is 15.6 Å². The van der Waals surface area contributed by atoms with Crippen LogP contribution in [0.3, 0.4) is 0 Å². The Balaban J connectivity index is 1.78. The van der Waals surface area contributed by atoms with Crippen LogP contribution in [0.5, 0.6) is 0 Å². The van der Waals surface area contributed by atoms with Crippen molar-refractivity contribution in [1.29, 1.82) is 0 Å². The number of sulfonamides is 1. The van der Waals surface area contributed by atoms with E-state index in [-0.39, 0.29) is 21.5 Å². The number of hydrazine groups is 1. The first kappa shape index (κ1) is 21.8. The third-order valence-electron chi connectivity index (χ3n) is 5.41. The van der Waals surface area contributed by atoms with Gasteiger partial charge in [-0.2, -0.15) is 0 Å². The minimum Gasteiger partial charge on any atom is -0.385 e. The lowest BCUT2D eigenvalue weighted by Gasteiger charge is -2.15. The van der Waals surface area contributed by atoms with E-state index in [1.807, 2.05) is 6.92 Å². The Hall–Kier alpha value is -1.44. The highest BCUT2D eigenvalue weighted by Crippen LogP contribution is 2.37. The second-order valence-electron chi connectivity index (χ2n) is 7.74. The zero-order chi connectivity index (χ0) is 21.5. The van der Waals surface area contributed by atoms with E-state index in [4.69, 9.17) is 4.74 Å². The number of halogens is 1. The highest BCUT2D eigenvalue weighted by molar-refractivity contribution is 8.00. The molecule has 2 atom stereocenters. The maximum Gasteiger partial charge on any atom is 0.331 e. The van der Waals surface area contributed by atoms with Gasteiger partial charge in [0.05, 0.1) is 26.8 Å². The molecule has 0 spiro atoms. The number of methoxy groups -OCH3 is 1. The summed E-state index contributed by atoms with van der Waals surface area (Å²) in [5.74, 6) is 0. The van der Waals surface area contributed by atoms with Crippen LogP contribution in [0, 0.1) is 0 Å². The third kappa shape index (κ3) is 4.04. The number of imidazole rings is 1. The van der Waals surface area contributed by atoms with Gasteiger partial charge in [-0.1, -0.05) is 11.8 Å². The summed E-state index contributed by atoms with van der Waals surface area (Å²) < 4.78 is 49.7. The molecule has 9 nitrogen and oxygen atoms in total. The van der Waals surface area contributed by atoms with Crippen LogP contribution in [-0.2, 0) is 21.3 Å². The number of alkyl halides is 1. The molecule has 2 aliphatic rings. The van der Waals surface area contributed by atoms with Crippen molar-refractivity contribution in [3.8, 4) is 0 Å². The summed E-state index contributed by atoms with van der Waals surface area (Å²) in [6, 6.07) is 4.59. The van der Waals surface area contributed by atoms with Gasteiger partial charge in [0.25, 0.3) is 0 Å². The van der Waals surface area contributed by atoms with E-state index in [1.54, 1.807) is 22.3 Å². The monoisotopic (exact) mass is 459 g/mol. The smallest absolute Gasteiger partial charge is 0.331 e. The first-order valence-corrected chi connectivity index (χ1v) is 12.2. The van der Waals surface area contributed by atoms with Crippen molar-refractivity contribution < 1.29 is 17.5 Å². The Morgan fingerprint density at radius 3 is 2.70 bits per heavy atom. The van der Waals surface area contributed by atoms with Crippen LogP contribution >= 0.6 is 11.8 Å². The molecular weight excluding hydrogens is 433 g/mol. The number of nitrogens with zero attached hydrogens (tertiary/aromatic N) is 2.